The number of nitrogens with zero attached hydrogens (tertiary/aromatic N) is 1. The van der Waals surface area contributed by atoms with Gasteiger partial charge in [-0.2, -0.15) is 0 Å². The molecule has 0 aliphatic heterocycles. The molecule has 0 N–H and O–H groups in total. The third-order valence-corrected chi connectivity index (χ3v) is 3.52. The third-order valence-electron chi connectivity index (χ3n) is 2.47. The van der Waals surface area contributed by atoms with Gasteiger partial charge in [0.25, 0.3) is 5.69 Å². The van der Waals surface area contributed by atoms with Gasteiger partial charge in [0.15, 0.2) is 11.6 Å². The Bertz CT molecular complexity index is 619. The SMILES string of the molecule is O=[N+]([O-])c1ccccc1CSc1ccc(F)c(F)c1. The summed E-state index contributed by atoms with van der Waals surface area (Å²) in [4.78, 5) is 10.9. The summed E-state index contributed by atoms with van der Waals surface area (Å²) in [5, 5.41) is 10.8. The molecule has 6 heteroatoms. The number of rotatable bonds is 4. The summed E-state index contributed by atoms with van der Waals surface area (Å²) >= 11 is 1.22. The van der Waals surface area contributed by atoms with Crippen LogP contribution in [0.1, 0.15) is 5.56 Å². The Morgan fingerprint density at radius 1 is 1.11 bits per heavy atom. The predicted octanol–water partition coefficient (Wildman–Crippen LogP) is 4.17. The fraction of sp³-hybridized carbons (Fsp3) is 0.0769. The third kappa shape index (κ3) is 3.29. The van der Waals surface area contributed by atoms with Crippen LogP contribution < -0.4 is 0 Å². The highest BCUT2D eigenvalue weighted by atomic mass is 32.2. The van der Waals surface area contributed by atoms with Gasteiger partial charge in [-0.25, -0.2) is 8.78 Å². The lowest BCUT2D eigenvalue weighted by molar-refractivity contribution is -0.385. The van der Waals surface area contributed by atoms with Crippen molar-refractivity contribution in [3.63, 3.8) is 0 Å². The van der Waals surface area contributed by atoms with Gasteiger partial charge in [-0.3, -0.25) is 10.1 Å². The van der Waals surface area contributed by atoms with Crippen LogP contribution in [0.25, 0.3) is 0 Å². The zero-order chi connectivity index (χ0) is 13.8. The van der Waals surface area contributed by atoms with Crippen molar-refractivity contribution in [1.82, 2.24) is 0 Å². The molecule has 0 heterocycles. The van der Waals surface area contributed by atoms with Gasteiger partial charge in [0.1, 0.15) is 0 Å². The fourth-order valence-electron chi connectivity index (χ4n) is 1.54. The Labute approximate surface area is 112 Å². The van der Waals surface area contributed by atoms with E-state index in [9.17, 15) is 18.9 Å². The minimum Gasteiger partial charge on any atom is -0.258 e. The van der Waals surface area contributed by atoms with Crippen molar-refractivity contribution < 1.29 is 13.7 Å². The number of hydrogen-bond donors (Lipinski definition) is 0. The Balaban J connectivity index is 2.14. The molecule has 2 rings (SSSR count). The lowest BCUT2D eigenvalue weighted by Gasteiger charge is -2.03. The van der Waals surface area contributed by atoms with Crippen LogP contribution in [-0.2, 0) is 5.75 Å². The van der Waals surface area contributed by atoms with Gasteiger partial charge in [-0.15, -0.1) is 11.8 Å². The molecular formula is C13H9F2NO2S. The van der Waals surface area contributed by atoms with Crippen LogP contribution in [0.2, 0.25) is 0 Å². The largest absolute Gasteiger partial charge is 0.273 e. The van der Waals surface area contributed by atoms with Gasteiger partial charge in [0.2, 0.25) is 0 Å². The van der Waals surface area contributed by atoms with E-state index in [2.05, 4.69) is 0 Å². The molecule has 0 aromatic heterocycles. The zero-order valence-electron chi connectivity index (χ0n) is 9.68. The van der Waals surface area contributed by atoms with Crippen molar-refractivity contribution in [3.8, 4) is 0 Å². The molecule has 0 unspecified atom stereocenters. The Morgan fingerprint density at radius 2 is 1.84 bits per heavy atom. The van der Waals surface area contributed by atoms with Gasteiger partial charge in [-0.05, 0) is 18.2 Å². The van der Waals surface area contributed by atoms with Crippen molar-refractivity contribution in [2.45, 2.75) is 10.6 Å². The van der Waals surface area contributed by atoms with E-state index in [-0.39, 0.29) is 5.69 Å². The second-order valence-corrected chi connectivity index (χ2v) is 4.80. The number of benzene rings is 2. The molecule has 0 amide bonds. The second-order valence-electron chi connectivity index (χ2n) is 3.75. The van der Waals surface area contributed by atoms with Crippen molar-refractivity contribution in [2.75, 3.05) is 0 Å². The normalized spacial score (nSPS) is 10.4. The van der Waals surface area contributed by atoms with E-state index in [1.54, 1.807) is 18.2 Å². The summed E-state index contributed by atoms with van der Waals surface area (Å²) in [6.07, 6.45) is 0. The highest BCUT2D eigenvalue weighted by Gasteiger charge is 2.12. The summed E-state index contributed by atoms with van der Waals surface area (Å²) in [5.41, 5.74) is 0.569. The number of hydrogen-bond acceptors (Lipinski definition) is 3. The molecule has 0 radical (unpaired) electrons. The van der Waals surface area contributed by atoms with Gasteiger partial charge in [0, 0.05) is 22.3 Å². The lowest BCUT2D eigenvalue weighted by Crippen LogP contribution is -1.93. The Kier molecular flexibility index (Phi) is 4.11. The van der Waals surface area contributed by atoms with Crippen LogP contribution >= 0.6 is 11.8 Å². The van der Waals surface area contributed by atoms with Crippen molar-refractivity contribution in [2.24, 2.45) is 0 Å². The smallest absolute Gasteiger partial charge is 0.258 e. The van der Waals surface area contributed by atoms with E-state index in [4.69, 9.17) is 0 Å². The first-order chi connectivity index (χ1) is 9.08. The zero-order valence-corrected chi connectivity index (χ0v) is 10.5. The maximum absolute atomic E-state index is 13.0. The number of nitro groups is 1. The van der Waals surface area contributed by atoms with Gasteiger partial charge < -0.3 is 0 Å². The van der Waals surface area contributed by atoms with Crippen LogP contribution in [0.4, 0.5) is 14.5 Å². The topological polar surface area (TPSA) is 43.1 Å². The minimum absolute atomic E-state index is 0.0255. The van der Waals surface area contributed by atoms with Crippen LogP contribution in [0.15, 0.2) is 47.4 Å². The van der Waals surface area contributed by atoms with Crippen LogP contribution in [0, 0.1) is 21.7 Å². The average Bonchev–Trinajstić information content (AvgIpc) is 2.40. The summed E-state index contributed by atoms with van der Waals surface area (Å²) in [6, 6.07) is 9.91. The summed E-state index contributed by atoms with van der Waals surface area (Å²) < 4.78 is 25.8. The molecule has 0 bridgehead atoms. The molecule has 0 atom stereocenters. The quantitative estimate of drug-likeness (QED) is 0.480. The minimum atomic E-state index is -0.924. The number of para-hydroxylation sites is 1. The molecule has 0 spiro atoms. The monoisotopic (exact) mass is 281 g/mol. The first-order valence-corrected chi connectivity index (χ1v) is 6.36. The molecule has 19 heavy (non-hydrogen) atoms. The second kappa shape index (κ2) is 5.79. The fourth-order valence-corrected chi connectivity index (χ4v) is 2.46. The molecule has 0 saturated carbocycles. The molecule has 2 aromatic rings. The van der Waals surface area contributed by atoms with Gasteiger partial charge >= 0.3 is 0 Å². The maximum Gasteiger partial charge on any atom is 0.273 e. The first kappa shape index (κ1) is 13.5. The van der Waals surface area contributed by atoms with E-state index < -0.39 is 16.6 Å². The van der Waals surface area contributed by atoms with Crippen LogP contribution in [-0.4, -0.2) is 4.92 Å². The lowest BCUT2D eigenvalue weighted by atomic mass is 10.2. The van der Waals surface area contributed by atoms with Crippen LogP contribution in [0.5, 0.6) is 0 Å². The Morgan fingerprint density at radius 3 is 2.53 bits per heavy atom. The van der Waals surface area contributed by atoms with E-state index in [1.165, 1.54) is 23.9 Å². The summed E-state index contributed by atoms with van der Waals surface area (Å²) in [7, 11) is 0. The highest BCUT2D eigenvalue weighted by molar-refractivity contribution is 7.98. The molecule has 2 aromatic carbocycles. The van der Waals surface area contributed by atoms with Crippen LogP contribution in [0.3, 0.4) is 0 Å². The molecule has 0 aliphatic carbocycles. The molecule has 0 saturated heterocycles. The van der Waals surface area contributed by atoms with E-state index in [0.717, 1.165) is 12.1 Å². The average molecular weight is 281 g/mol. The van der Waals surface area contributed by atoms with Crippen molar-refractivity contribution >= 4 is 17.4 Å². The maximum atomic E-state index is 13.0. The standard InChI is InChI=1S/C13H9F2NO2S/c14-11-6-5-10(7-12(11)15)19-8-9-3-1-2-4-13(9)16(17)18/h1-7H,8H2. The molecule has 0 fully saturated rings. The number of thioether (sulfide) groups is 1. The van der Waals surface area contributed by atoms with E-state index >= 15 is 0 Å². The summed E-state index contributed by atoms with van der Waals surface area (Å²) in [5.74, 6) is -1.51. The number of nitro benzene ring substituents is 1. The molecule has 98 valence electrons. The molecule has 3 nitrogen and oxygen atoms in total. The van der Waals surface area contributed by atoms with Gasteiger partial charge in [0.05, 0.1) is 4.92 Å². The summed E-state index contributed by atoms with van der Waals surface area (Å²) in [6.45, 7) is 0. The highest BCUT2D eigenvalue weighted by Crippen LogP contribution is 2.28. The van der Waals surface area contributed by atoms with E-state index in [1.807, 2.05) is 0 Å². The predicted molar refractivity (Wildman–Crippen MR) is 69.0 cm³/mol. The van der Waals surface area contributed by atoms with Crippen molar-refractivity contribution in [3.05, 3.63) is 69.8 Å². The van der Waals surface area contributed by atoms with Gasteiger partial charge in [-0.1, -0.05) is 18.2 Å². The Hall–Kier alpha value is -1.95. The first-order valence-electron chi connectivity index (χ1n) is 5.38. The number of halogens is 2. The van der Waals surface area contributed by atoms with Crippen molar-refractivity contribution in [1.29, 1.82) is 0 Å². The molecule has 0 aliphatic rings. The molecular weight excluding hydrogens is 272 g/mol. The van der Waals surface area contributed by atoms with E-state index in [0.29, 0.717) is 16.2 Å².